The third-order valence-corrected chi connectivity index (χ3v) is 6.26. The lowest BCUT2D eigenvalue weighted by Crippen LogP contribution is -2.21. The van der Waals surface area contributed by atoms with Crippen molar-refractivity contribution in [3.63, 3.8) is 0 Å². The molecule has 1 unspecified atom stereocenters. The predicted octanol–water partition coefficient (Wildman–Crippen LogP) is 5.57. The fourth-order valence-electron chi connectivity index (χ4n) is 4.20. The van der Waals surface area contributed by atoms with Crippen molar-refractivity contribution in [2.75, 3.05) is 19.5 Å². The number of hydrogen-bond donors (Lipinski definition) is 2. The molecule has 3 heterocycles. The van der Waals surface area contributed by atoms with Crippen molar-refractivity contribution < 1.29 is 37.0 Å². The van der Waals surface area contributed by atoms with Gasteiger partial charge in [-0.2, -0.15) is 18.2 Å². The van der Waals surface area contributed by atoms with Gasteiger partial charge in [0.15, 0.2) is 0 Å². The normalized spacial score (nSPS) is 15.7. The number of rotatable bonds is 6. The minimum absolute atomic E-state index is 0.141. The van der Waals surface area contributed by atoms with Crippen molar-refractivity contribution >= 4 is 34.9 Å². The van der Waals surface area contributed by atoms with E-state index in [0.29, 0.717) is 36.2 Å². The number of anilines is 2. The monoisotopic (exact) mass is 609 g/mol. The van der Waals surface area contributed by atoms with Crippen LogP contribution < -0.4 is 10.1 Å². The van der Waals surface area contributed by atoms with Crippen molar-refractivity contribution in [3.8, 4) is 11.4 Å². The number of carbonyl (C=O) groups is 1. The van der Waals surface area contributed by atoms with Crippen LogP contribution in [0.1, 0.15) is 30.1 Å². The van der Waals surface area contributed by atoms with Crippen molar-refractivity contribution in [3.05, 3.63) is 77.3 Å². The van der Waals surface area contributed by atoms with Gasteiger partial charge < -0.3 is 24.6 Å². The molecule has 16 heteroatoms. The molecule has 0 aliphatic carbocycles. The highest BCUT2D eigenvalue weighted by atomic mass is 35.5. The summed E-state index contributed by atoms with van der Waals surface area (Å²) < 4.78 is 54.5. The Hall–Kier alpha value is -4.66. The van der Waals surface area contributed by atoms with Crippen LogP contribution in [0.15, 0.2) is 60.1 Å². The first-order chi connectivity index (χ1) is 20.0. The third-order valence-electron chi connectivity index (χ3n) is 6.06. The number of imidazole rings is 1. The van der Waals surface area contributed by atoms with Crippen LogP contribution in [-0.4, -0.2) is 61.5 Å². The van der Waals surface area contributed by atoms with E-state index in [4.69, 9.17) is 36.1 Å². The molecule has 4 aromatic rings. The maximum Gasteiger partial charge on any atom is 0.490 e. The number of carboxylic acid groups (broad SMARTS) is 1. The number of carboxylic acids is 1. The lowest BCUT2D eigenvalue weighted by Gasteiger charge is -2.14. The fraction of sp³-hybridized carbons (Fsp3) is 0.269. The second-order valence-corrected chi connectivity index (χ2v) is 9.22. The molecule has 0 radical (unpaired) electrons. The molecule has 0 spiro atoms. The second kappa shape index (κ2) is 12.9. The van der Waals surface area contributed by atoms with Crippen LogP contribution in [0.2, 0.25) is 5.15 Å². The van der Waals surface area contributed by atoms with E-state index < -0.39 is 12.1 Å². The van der Waals surface area contributed by atoms with Crippen LogP contribution in [0.3, 0.4) is 0 Å². The number of oxime groups is 1. The zero-order chi connectivity index (χ0) is 30.4. The van der Waals surface area contributed by atoms with Crippen LogP contribution in [0.4, 0.5) is 29.2 Å². The Labute approximate surface area is 241 Å². The van der Waals surface area contributed by atoms with E-state index in [9.17, 15) is 17.6 Å². The second-order valence-electron chi connectivity index (χ2n) is 8.83. The summed E-state index contributed by atoms with van der Waals surface area (Å²) >= 11 is 5.96. The Bertz CT molecular complexity index is 1570. The summed E-state index contributed by atoms with van der Waals surface area (Å²) in [5, 5.41) is 19.6. The van der Waals surface area contributed by atoms with Crippen LogP contribution >= 0.6 is 11.6 Å². The van der Waals surface area contributed by atoms with Crippen LogP contribution in [0.25, 0.3) is 5.69 Å². The minimum Gasteiger partial charge on any atom is -0.494 e. The first kappa shape index (κ1) is 30.3. The van der Waals surface area contributed by atoms with Crippen LogP contribution in [-0.2, 0) is 16.2 Å². The number of aromatic nitrogens is 5. The number of ether oxygens (including phenoxy) is 1. The molecule has 1 atom stereocenters. The molecule has 0 saturated carbocycles. The van der Waals surface area contributed by atoms with Crippen molar-refractivity contribution in [2.24, 2.45) is 5.16 Å². The van der Waals surface area contributed by atoms with E-state index >= 15 is 0 Å². The molecule has 0 saturated heterocycles. The minimum atomic E-state index is -5.08. The molecule has 42 heavy (non-hydrogen) atoms. The standard InChI is InChI=1S/C24H23ClFN7O2.C2HF3O2/c1-34-21-12-17(7-8-20(21)32-13-22(25)27-14-32)28-24-29-23-19(15-3-5-16(26)6-4-15)11-18(31-35-2)9-10-33(23)30-24;3-2(4,5)1(6)7/h3-8,12-14,19H,9-11H2,1-2H3,(H,28,30);(H,6,7)/b31-18-;. The highest BCUT2D eigenvalue weighted by Crippen LogP contribution is 2.33. The third kappa shape index (κ3) is 7.34. The van der Waals surface area contributed by atoms with Gasteiger partial charge in [-0.25, -0.2) is 18.9 Å². The van der Waals surface area contributed by atoms with Gasteiger partial charge in [-0.1, -0.05) is 28.9 Å². The first-order valence-electron chi connectivity index (χ1n) is 12.2. The molecular weight excluding hydrogens is 586 g/mol. The summed E-state index contributed by atoms with van der Waals surface area (Å²) in [6.45, 7) is 0.605. The zero-order valence-electron chi connectivity index (χ0n) is 22.1. The zero-order valence-corrected chi connectivity index (χ0v) is 22.9. The molecule has 11 nitrogen and oxygen atoms in total. The predicted molar refractivity (Wildman–Crippen MR) is 144 cm³/mol. The summed E-state index contributed by atoms with van der Waals surface area (Å²) in [6.07, 6.45) is -0.472. The molecule has 2 aromatic heterocycles. The highest BCUT2D eigenvalue weighted by Gasteiger charge is 2.38. The molecular formula is C26H24ClF4N7O4. The molecule has 0 amide bonds. The topological polar surface area (TPSA) is 129 Å². The average molecular weight is 610 g/mol. The van der Waals surface area contributed by atoms with Gasteiger partial charge >= 0.3 is 12.1 Å². The van der Waals surface area contributed by atoms with E-state index in [1.54, 1.807) is 36.3 Å². The van der Waals surface area contributed by atoms with Gasteiger partial charge in [-0.3, -0.25) is 0 Å². The number of methoxy groups -OCH3 is 1. The van der Waals surface area contributed by atoms with Crippen molar-refractivity contribution in [1.82, 2.24) is 24.3 Å². The summed E-state index contributed by atoms with van der Waals surface area (Å²) in [6, 6.07) is 12.1. The quantitative estimate of drug-likeness (QED) is 0.214. The van der Waals surface area contributed by atoms with Gasteiger partial charge in [0.05, 0.1) is 18.5 Å². The molecule has 0 fully saturated rings. The van der Waals surface area contributed by atoms with E-state index in [2.05, 4.69) is 20.6 Å². The smallest absolute Gasteiger partial charge is 0.490 e. The SMILES string of the molecule is CO/N=C1/CCn2nc(Nc3ccc(-n4cnc(Cl)c4)c(OC)c3)nc2C(c2ccc(F)cc2)C1.O=C(O)C(F)(F)F. The Morgan fingerprint density at radius 2 is 1.90 bits per heavy atom. The molecule has 5 rings (SSSR count). The largest absolute Gasteiger partial charge is 0.494 e. The number of hydrogen-bond acceptors (Lipinski definition) is 8. The van der Waals surface area contributed by atoms with Gasteiger partial charge in [0, 0.05) is 43.3 Å². The number of aryl methyl sites for hydroxylation is 1. The van der Waals surface area contributed by atoms with Gasteiger partial charge in [0.1, 0.15) is 36.0 Å². The van der Waals surface area contributed by atoms with Crippen LogP contribution in [0, 0.1) is 5.82 Å². The number of fused-ring (bicyclic) bond motifs is 1. The lowest BCUT2D eigenvalue weighted by atomic mass is 9.93. The van der Waals surface area contributed by atoms with Gasteiger partial charge in [0.2, 0.25) is 5.95 Å². The van der Waals surface area contributed by atoms with Crippen LogP contribution in [0.5, 0.6) is 5.75 Å². The van der Waals surface area contributed by atoms with E-state index in [0.717, 1.165) is 28.5 Å². The number of nitrogens with one attached hydrogen (secondary N) is 1. The molecule has 2 aromatic carbocycles. The van der Waals surface area contributed by atoms with E-state index in [1.165, 1.54) is 19.2 Å². The Morgan fingerprint density at radius 3 is 2.50 bits per heavy atom. The number of halogens is 5. The Balaban J connectivity index is 0.000000517. The average Bonchev–Trinajstić information content (AvgIpc) is 3.52. The Kier molecular flexibility index (Phi) is 9.30. The van der Waals surface area contributed by atoms with Gasteiger partial charge in [-0.15, -0.1) is 5.10 Å². The number of aliphatic carboxylic acids is 1. The van der Waals surface area contributed by atoms with Crippen molar-refractivity contribution in [2.45, 2.75) is 31.5 Å². The van der Waals surface area contributed by atoms with E-state index in [1.807, 2.05) is 22.9 Å². The van der Waals surface area contributed by atoms with E-state index in [-0.39, 0.29) is 11.7 Å². The maximum atomic E-state index is 13.6. The fourth-order valence-corrected chi connectivity index (χ4v) is 4.34. The summed E-state index contributed by atoms with van der Waals surface area (Å²) in [5.74, 6) is -1.32. The molecule has 2 N–H and O–H groups in total. The maximum absolute atomic E-state index is 13.6. The molecule has 1 aliphatic heterocycles. The first-order valence-corrected chi connectivity index (χ1v) is 12.6. The van der Waals surface area contributed by atoms with Gasteiger partial charge in [0.25, 0.3) is 0 Å². The number of alkyl halides is 3. The molecule has 0 bridgehead atoms. The Morgan fingerprint density at radius 1 is 1.19 bits per heavy atom. The highest BCUT2D eigenvalue weighted by molar-refractivity contribution is 6.29. The summed E-state index contributed by atoms with van der Waals surface area (Å²) in [5.41, 5.74) is 3.40. The summed E-state index contributed by atoms with van der Waals surface area (Å²) in [4.78, 5) is 22.8. The summed E-state index contributed by atoms with van der Waals surface area (Å²) in [7, 11) is 3.13. The van der Waals surface area contributed by atoms with Crippen molar-refractivity contribution in [1.29, 1.82) is 0 Å². The number of nitrogens with zero attached hydrogens (tertiary/aromatic N) is 6. The lowest BCUT2D eigenvalue weighted by molar-refractivity contribution is -0.192. The molecule has 1 aliphatic rings. The number of benzene rings is 2. The molecule has 222 valence electrons. The van der Waals surface area contributed by atoms with Gasteiger partial charge in [-0.05, 0) is 29.8 Å².